The SMILES string of the molecule is CCc1c[n-]c([C@H](C2=C(O)c3c(cc(O[C@@H]4O[C@H](C(=O)O)[C@@H](O)[C@@](O)(CN=C(N)N)[C@H]4O)c(O)c3O)OC2c2ccc(O)cc2)c2ccccc2)c1. The topological polar surface area (TPSA) is 285 Å². The second-order valence-corrected chi connectivity index (χ2v) is 12.4. The molecule has 12 N–H and O–H groups in total. The van der Waals surface area contributed by atoms with E-state index in [1.54, 1.807) is 18.3 Å². The number of hydrogen-bond donors (Lipinski definition) is 10. The molecule has 1 aromatic heterocycles. The molecule has 0 aliphatic carbocycles. The average Bonchev–Trinajstić information content (AvgIpc) is 3.60. The molecular weight excluding hydrogens is 680 g/mol. The maximum atomic E-state index is 12.1. The highest BCUT2D eigenvalue weighted by atomic mass is 16.7. The van der Waals surface area contributed by atoms with Crippen molar-refractivity contribution in [1.29, 1.82) is 0 Å². The number of hydrogen-bond acceptors (Lipinski definition) is 12. The van der Waals surface area contributed by atoms with Crippen LogP contribution in [0.2, 0.25) is 0 Å². The minimum absolute atomic E-state index is 0.0338. The number of nitrogens with zero attached hydrogens (tertiary/aromatic N) is 2. The number of nitrogens with two attached hydrogens (primary N) is 2. The molecule has 2 aliphatic rings. The van der Waals surface area contributed by atoms with Gasteiger partial charge in [0.15, 0.2) is 23.6 Å². The van der Waals surface area contributed by atoms with Gasteiger partial charge in [-0.1, -0.05) is 61.0 Å². The van der Waals surface area contributed by atoms with Gasteiger partial charge < -0.3 is 71.5 Å². The Labute approximate surface area is 296 Å². The number of aromatic nitrogens is 1. The Bertz CT molecular complexity index is 2010. The molecule has 274 valence electrons. The smallest absolute Gasteiger partial charge is 0.335 e. The number of benzene rings is 3. The Morgan fingerprint density at radius 3 is 2.31 bits per heavy atom. The molecule has 1 unspecified atom stereocenters. The third-order valence-corrected chi connectivity index (χ3v) is 9.15. The summed E-state index contributed by atoms with van der Waals surface area (Å²) in [5, 5.41) is 87.4. The molecule has 0 bridgehead atoms. The highest BCUT2D eigenvalue weighted by Gasteiger charge is 2.58. The second kappa shape index (κ2) is 14.0. The van der Waals surface area contributed by atoms with E-state index in [-0.39, 0.29) is 22.6 Å². The number of phenolic OH excluding ortho intramolecular Hbond substituents is 3. The molecule has 0 radical (unpaired) electrons. The van der Waals surface area contributed by atoms with E-state index < -0.39 is 83.7 Å². The van der Waals surface area contributed by atoms with Crippen LogP contribution in [0.25, 0.3) is 5.76 Å². The van der Waals surface area contributed by atoms with Crippen LogP contribution < -0.4 is 25.9 Å². The number of aromatic hydroxyl groups is 3. The molecule has 3 aromatic carbocycles. The zero-order valence-corrected chi connectivity index (χ0v) is 27.6. The van der Waals surface area contributed by atoms with E-state index in [0.717, 1.165) is 17.2 Å². The number of carboxylic acid groups (broad SMARTS) is 1. The van der Waals surface area contributed by atoms with E-state index in [1.165, 1.54) is 12.1 Å². The Morgan fingerprint density at radius 2 is 1.69 bits per heavy atom. The third-order valence-electron chi connectivity index (χ3n) is 9.15. The number of fused-ring (bicyclic) bond motifs is 1. The minimum atomic E-state index is -2.73. The maximum Gasteiger partial charge on any atom is 0.335 e. The van der Waals surface area contributed by atoms with Crippen LogP contribution in [-0.4, -0.2) is 89.5 Å². The predicted octanol–water partition coefficient (Wildman–Crippen LogP) is 1.47. The van der Waals surface area contributed by atoms with Crippen LogP contribution in [-0.2, 0) is 16.0 Å². The summed E-state index contributed by atoms with van der Waals surface area (Å²) < 4.78 is 17.4. The number of aliphatic carboxylic acids is 1. The quantitative estimate of drug-likeness (QED) is 0.0631. The Kier molecular flexibility index (Phi) is 9.65. The van der Waals surface area contributed by atoms with Crippen molar-refractivity contribution in [2.24, 2.45) is 16.5 Å². The molecule has 16 nitrogen and oxygen atoms in total. The van der Waals surface area contributed by atoms with Crippen molar-refractivity contribution in [3.05, 3.63) is 106 Å². The molecule has 1 saturated heterocycles. The summed E-state index contributed by atoms with van der Waals surface area (Å²) in [7, 11) is 0. The van der Waals surface area contributed by atoms with Gasteiger partial charge in [-0.05, 0) is 29.7 Å². The summed E-state index contributed by atoms with van der Waals surface area (Å²) >= 11 is 0. The molecule has 6 rings (SSSR count). The van der Waals surface area contributed by atoms with E-state index in [2.05, 4.69) is 9.98 Å². The fourth-order valence-electron chi connectivity index (χ4n) is 6.38. The first-order valence-electron chi connectivity index (χ1n) is 16.1. The summed E-state index contributed by atoms with van der Waals surface area (Å²) in [6.45, 7) is 1.10. The van der Waals surface area contributed by atoms with Crippen molar-refractivity contribution in [3.63, 3.8) is 0 Å². The van der Waals surface area contributed by atoms with E-state index in [9.17, 15) is 45.6 Å². The first-order valence-corrected chi connectivity index (χ1v) is 16.1. The molecule has 3 heterocycles. The lowest BCUT2D eigenvalue weighted by Gasteiger charge is -2.46. The average molecular weight is 718 g/mol. The fraction of sp³-hybridized carbons (Fsp3) is 0.278. The van der Waals surface area contributed by atoms with Crippen LogP contribution in [0.1, 0.15) is 46.9 Å². The lowest BCUT2D eigenvalue weighted by atomic mass is 9.80. The zero-order valence-electron chi connectivity index (χ0n) is 27.6. The fourth-order valence-corrected chi connectivity index (χ4v) is 6.38. The Hall–Kier alpha value is -5.94. The van der Waals surface area contributed by atoms with Gasteiger partial charge in [-0.3, -0.25) is 4.99 Å². The summed E-state index contributed by atoms with van der Waals surface area (Å²) in [6.07, 6.45) is -7.41. The van der Waals surface area contributed by atoms with Gasteiger partial charge in [0.05, 0.1) is 6.54 Å². The van der Waals surface area contributed by atoms with E-state index in [0.29, 0.717) is 17.7 Å². The van der Waals surface area contributed by atoms with Crippen molar-refractivity contribution >= 4 is 17.7 Å². The van der Waals surface area contributed by atoms with Crippen LogP contribution in [0, 0.1) is 0 Å². The second-order valence-electron chi connectivity index (χ2n) is 12.4. The van der Waals surface area contributed by atoms with Crippen molar-refractivity contribution in [2.75, 3.05) is 6.54 Å². The summed E-state index contributed by atoms with van der Waals surface area (Å²) in [5.41, 5.74) is 10.6. The van der Waals surface area contributed by atoms with Gasteiger partial charge in [0.1, 0.15) is 46.7 Å². The monoisotopic (exact) mass is 717 g/mol. The number of phenols is 3. The number of carbonyl (C=O) groups is 1. The lowest BCUT2D eigenvalue weighted by Crippen LogP contribution is -2.70. The van der Waals surface area contributed by atoms with Crippen LogP contribution in [0.5, 0.6) is 28.7 Å². The standard InChI is InChI=1S/C36H37N4O12/c1-2-16-12-20(39-14-16)23(17-6-4-3-5-7-17)25-27(43)24-21(50-29(25)18-8-10-19(41)11-9-18)13-22(26(42)28(24)44)51-34-32(46)36(49,15-40-35(37)38)31(45)30(52-34)33(47)48/h3-14,23,29-32,34,41-46,49H,2,15H2,1H3,(H,47,48)(H4,37,38,40)/q-1/t23-,29?,30+,31-,32+,34-,36+/m1/s1. The van der Waals surface area contributed by atoms with Gasteiger partial charge in [0.2, 0.25) is 12.0 Å². The molecule has 52 heavy (non-hydrogen) atoms. The van der Waals surface area contributed by atoms with Crippen LogP contribution in [0.4, 0.5) is 0 Å². The highest BCUT2D eigenvalue weighted by molar-refractivity contribution is 5.81. The van der Waals surface area contributed by atoms with Crippen molar-refractivity contribution in [3.8, 4) is 28.7 Å². The third kappa shape index (κ3) is 6.39. The van der Waals surface area contributed by atoms with Crippen molar-refractivity contribution in [1.82, 2.24) is 4.98 Å². The highest BCUT2D eigenvalue weighted by Crippen LogP contribution is 2.55. The Morgan fingerprint density at radius 1 is 1.00 bits per heavy atom. The number of guanidine groups is 1. The number of rotatable bonds is 10. The number of carboxylic acids is 1. The van der Waals surface area contributed by atoms with Crippen LogP contribution in [0.15, 0.2) is 83.5 Å². The number of aryl methyl sites for hydroxylation is 1. The van der Waals surface area contributed by atoms with Gasteiger partial charge in [0.25, 0.3) is 0 Å². The van der Waals surface area contributed by atoms with E-state index in [4.69, 9.17) is 25.7 Å². The summed E-state index contributed by atoms with van der Waals surface area (Å²) in [6, 6.07) is 18.1. The van der Waals surface area contributed by atoms with Gasteiger partial charge in [-0.2, -0.15) is 6.20 Å². The minimum Gasteiger partial charge on any atom is -0.667 e. The zero-order chi connectivity index (χ0) is 37.5. The first-order chi connectivity index (χ1) is 24.7. The predicted molar refractivity (Wildman–Crippen MR) is 183 cm³/mol. The Balaban J connectivity index is 1.49. The molecule has 1 fully saturated rings. The number of aliphatic hydroxyl groups excluding tert-OH is 3. The van der Waals surface area contributed by atoms with Gasteiger partial charge >= 0.3 is 5.97 Å². The molecule has 4 aromatic rings. The summed E-state index contributed by atoms with van der Waals surface area (Å²) in [5.74, 6) is -6.27. The summed E-state index contributed by atoms with van der Waals surface area (Å²) in [4.78, 5) is 20.2. The maximum absolute atomic E-state index is 12.1. The van der Waals surface area contributed by atoms with Crippen molar-refractivity contribution < 1.29 is 59.9 Å². The van der Waals surface area contributed by atoms with Crippen LogP contribution >= 0.6 is 0 Å². The molecule has 7 atom stereocenters. The molecule has 0 amide bonds. The van der Waals surface area contributed by atoms with E-state index in [1.807, 2.05) is 43.3 Å². The lowest BCUT2D eigenvalue weighted by molar-refractivity contribution is -0.303. The van der Waals surface area contributed by atoms with Crippen molar-refractivity contribution in [2.45, 2.75) is 55.6 Å². The normalized spacial score (nSPS) is 24.7. The van der Waals surface area contributed by atoms with Gasteiger partial charge in [-0.25, -0.2) is 4.79 Å². The molecule has 0 spiro atoms. The largest absolute Gasteiger partial charge is 0.667 e. The number of aliphatic hydroxyl groups is 4. The molecule has 0 saturated carbocycles. The molecular formula is C36H37N4O12-. The molecule has 16 heteroatoms. The van der Waals surface area contributed by atoms with Gasteiger partial charge in [-0.15, -0.1) is 5.69 Å². The number of aliphatic imine (C=N–C) groups is 1. The molecule has 2 aliphatic heterocycles. The van der Waals surface area contributed by atoms with Crippen LogP contribution in [0.3, 0.4) is 0 Å². The first kappa shape index (κ1) is 35.9. The van der Waals surface area contributed by atoms with Gasteiger partial charge in [0, 0.05) is 17.6 Å². The number of ether oxygens (including phenoxy) is 3. The van der Waals surface area contributed by atoms with E-state index >= 15 is 0 Å².